The Morgan fingerprint density at radius 2 is 1.22 bits per heavy atom. The van der Waals surface area contributed by atoms with Crippen molar-refractivity contribution >= 4 is 5.90 Å². The zero-order chi connectivity index (χ0) is 15.0. The highest BCUT2D eigenvalue weighted by Crippen LogP contribution is 2.47. The SMILES string of the molecule is N=C(OCC(F)(F)F)C(F)(F)C(F)(F)C(F)(F)F. The first kappa shape index (κ1) is 16.8. The molecule has 12 heteroatoms. The summed E-state index contributed by atoms with van der Waals surface area (Å²) < 4.78 is 121. The molecule has 2 nitrogen and oxygen atoms in total. The Bertz CT molecular complexity index is 315. The van der Waals surface area contributed by atoms with Gasteiger partial charge in [-0.25, -0.2) is 0 Å². The van der Waals surface area contributed by atoms with Crippen LogP contribution < -0.4 is 0 Å². The van der Waals surface area contributed by atoms with Crippen molar-refractivity contribution in [3.05, 3.63) is 0 Å². The van der Waals surface area contributed by atoms with Gasteiger partial charge in [0, 0.05) is 0 Å². The molecule has 0 fully saturated rings. The van der Waals surface area contributed by atoms with Crippen LogP contribution in [0.25, 0.3) is 0 Å². The standard InChI is InChI=1S/C6H3F10NO/c7-3(8,9)1-18-2(17)4(10,11)5(12,13)6(14,15)16/h17H,1H2. The number of alkyl halides is 10. The maximum Gasteiger partial charge on any atom is 0.460 e. The molecular formula is C6H3F10NO. The fraction of sp³-hybridized carbons (Fsp3) is 0.833. The predicted molar refractivity (Wildman–Crippen MR) is 35.7 cm³/mol. The second kappa shape index (κ2) is 4.46. The summed E-state index contributed by atoms with van der Waals surface area (Å²) in [7, 11) is 0. The maximum atomic E-state index is 12.5. The van der Waals surface area contributed by atoms with Gasteiger partial charge in [0.15, 0.2) is 6.61 Å². The minimum atomic E-state index is -6.75. The molecule has 0 aliphatic carbocycles. The van der Waals surface area contributed by atoms with Gasteiger partial charge in [0.1, 0.15) is 0 Å². The Labute approximate surface area is 92.0 Å². The summed E-state index contributed by atoms with van der Waals surface area (Å²) in [6, 6.07) is 0. The number of hydrogen-bond donors (Lipinski definition) is 1. The highest BCUT2D eigenvalue weighted by atomic mass is 19.4. The lowest BCUT2D eigenvalue weighted by Gasteiger charge is -2.28. The zero-order valence-electron chi connectivity index (χ0n) is 7.89. The maximum absolute atomic E-state index is 12.5. The first-order valence-corrected chi connectivity index (χ1v) is 3.74. The molecule has 0 aliphatic heterocycles. The highest BCUT2D eigenvalue weighted by molar-refractivity contribution is 5.81. The Kier molecular flexibility index (Phi) is 4.16. The summed E-state index contributed by atoms with van der Waals surface area (Å²) >= 11 is 0. The Balaban J connectivity index is 4.99. The van der Waals surface area contributed by atoms with Crippen molar-refractivity contribution in [2.24, 2.45) is 0 Å². The molecule has 0 atom stereocenters. The fourth-order valence-corrected chi connectivity index (χ4v) is 0.565. The molecule has 0 bridgehead atoms. The van der Waals surface area contributed by atoms with Crippen molar-refractivity contribution in [1.29, 1.82) is 5.41 Å². The van der Waals surface area contributed by atoms with Crippen LogP contribution in [0.5, 0.6) is 0 Å². The molecule has 0 aromatic heterocycles. The van der Waals surface area contributed by atoms with Crippen LogP contribution in [0.3, 0.4) is 0 Å². The minimum absolute atomic E-state index is 2.59. The molecule has 0 rings (SSSR count). The lowest BCUT2D eigenvalue weighted by atomic mass is 10.1. The molecule has 0 saturated heterocycles. The third-order valence-corrected chi connectivity index (χ3v) is 1.42. The molecule has 0 aromatic rings. The molecule has 1 N–H and O–H groups in total. The van der Waals surface area contributed by atoms with Crippen molar-refractivity contribution in [3.8, 4) is 0 Å². The Morgan fingerprint density at radius 1 is 0.833 bits per heavy atom. The van der Waals surface area contributed by atoms with E-state index < -0.39 is 36.7 Å². The monoisotopic (exact) mass is 295 g/mol. The van der Waals surface area contributed by atoms with Crippen molar-refractivity contribution < 1.29 is 48.6 Å². The van der Waals surface area contributed by atoms with E-state index in [4.69, 9.17) is 5.41 Å². The van der Waals surface area contributed by atoms with Gasteiger partial charge < -0.3 is 4.74 Å². The van der Waals surface area contributed by atoms with E-state index in [0.29, 0.717) is 0 Å². The molecule has 18 heavy (non-hydrogen) atoms. The Morgan fingerprint density at radius 3 is 1.50 bits per heavy atom. The molecule has 0 saturated carbocycles. The van der Waals surface area contributed by atoms with Crippen molar-refractivity contribution in [2.75, 3.05) is 6.61 Å². The zero-order valence-corrected chi connectivity index (χ0v) is 7.89. The van der Waals surface area contributed by atoms with Gasteiger partial charge in [-0.3, -0.25) is 5.41 Å². The average molecular weight is 295 g/mol. The van der Waals surface area contributed by atoms with Gasteiger partial charge in [0.05, 0.1) is 0 Å². The van der Waals surface area contributed by atoms with Gasteiger partial charge in [0.2, 0.25) is 0 Å². The van der Waals surface area contributed by atoms with E-state index in [1.807, 2.05) is 0 Å². The van der Waals surface area contributed by atoms with Crippen LogP contribution in [0.15, 0.2) is 0 Å². The third-order valence-electron chi connectivity index (χ3n) is 1.42. The lowest BCUT2D eigenvalue weighted by molar-refractivity contribution is -0.339. The summed E-state index contributed by atoms with van der Waals surface area (Å²) in [5.74, 6) is -16.1. The number of ether oxygens (including phenoxy) is 1. The molecular weight excluding hydrogens is 292 g/mol. The van der Waals surface area contributed by atoms with E-state index in [2.05, 4.69) is 4.74 Å². The van der Waals surface area contributed by atoms with Crippen LogP contribution in [0.1, 0.15) is 0 Å². The second-order valence-corrected chi connectivity index (χ2v) is 2.88. The quantitative estimate of drug-likeness (QED) is 0.483. The van der Waals surface area contributed by atoms with Crippen LogP contribution >= 0.6 is 0 Å². The molecule has 0 heterocycles. The van der Waals surface area contributed by atoms with Gasteiger partial charge in [-0.1, -0.05) is 0 Å². The van der Waals surface area contributed by atoms with Crippen LogP contribution in [0.4, 0.5) is 43.9 Å². The largest absolute Gasteiger partial charge is 0.467 e. The van der Waals surface area contributed by atoms with Gasteiger partial charge in [0.25, 0.3) is 5.90 Å². The van der Waals surface area contributed by atoms with E-state index >= 15 is 0 Å². The number of nitrogens with one attached hydrogen (secondary N) is 1. The number of rotatable bonds is 3. The smallest absolute Gasteiger partial charge is 0.460 e. The van der Waals surface area contributed by atoms with Crippen molar-refractivity contribution in [2.45, 2.75) is 24.2 Å². The molecule has 0 amide bonds. The molecule has 0 radical (unpaired) electrons. The van der Waals surface area contributed by atoms with Crippen LogP contribution in [0.2, 0.25) is 0 Å². The first-order chi connectivity index (χ1) is 7.63. The van der Waals surface area contributed by atoms with Crippen LogP contribution in [-0.2, 0) is 4.74 Å². The summed E-state index contributed by atoms with van der Waals surface area (Å²) in [5.41, 5.74) is 0. The fourth-order valence-electron chi connectivity index (χ4n) is 0.565. The predicted octanol–water partition coefficient (Wildman–Crippen LogP) is 3.38. The highest BCUT2D eigenvalue weighted by Gasteiger charge is 2.75. The summed E-state index contributed by atoms with van der Waals surface area (Å²) in [4.78, 5) is 0. The van der Waals surface area contributed by atoms with E-state index in [1.54, 1.807) is 0 Å². The van der Waals surface area contributed by atoms with E-state index in [9.17, 15) is 43.9 Å². The van der Waals surface area contributed by atoms with Gasteiger partial charge >= 0.3 is 24.2 Å². The van der Waals surface area contributed by atoms with E-state index in [-0.39, 0.29) is 0 Å². The van der Waals surface area contributed by atoms with Crippen molar-refractivity contribution in [3.63, 3.8) is 0 Å². The molecule has 108 valence electrons. The minimum Gasteiger partial charge on any atom is -0.467 e. The molecule has 0 spiro atoms. The van der Waals surface area contributed by atoms with E-state index in [1.165, 1.54) is 0 Å². The second-order valence-electron chi connectivity index (χ2n) is 2.88. The Hall–Kier alpha value is -1.23. The lowest BCUT2D eigenvalue weighted by Crippen LogP contribution is -2.56. The van der Waals surface area contributed by atoms with Crippen LogP contribution in [-0.4, -0.2) is 36.7 Å². The van der Waals surface area contributed by atoms with Crippen molar-refractivity contribution in [1.82, 2.24) is 0 Å². The van der Waals surface area contributed by atoms with Crippen LogP contribution in [0, 0.1) is 5.41 Å². The van der Waals surface area contributed by atoms with Gasteiger partial charge in [-0.05, 0) is 0 Å². The van der Waals surface area contributed by atoms with Gasteiger partial charge in [-0.2, -0.15) is 43.9 Å². The average Bonchev–Trinajstić information content (AvgIpc) is 2.10. The number of halogens is 10. The summed E-state index contributed by atoms with van der Waals surface area (Å²) in [5, 5.41) is 6.05. The van der Waals surface area contributed by atoms with E-state index in [0.717, 1.165) is 0 Å². The number of hydrogen-bond acceptors (Lipinski definition) is 2. The molecule has 0 unspecified atom stereocenters. The third kappa shape index (κ3) is 3.38. The molecule has 0 aromatic carbocycles. The first-order valence-electron chi connectivity index (χ1n) is 3.74. The summed E-state index contributed by atoms with van der Waals surface area (Å²) in [6.07, 6.45) is -12.0. The topological polar surface area (TPSA) is 33.1 Å². The van der Waals surface area contributed by atoms with Gasteiger partial charge in [-0.15, -0.1) is 0 Å². The normalized spacial score (nSPS) is 14.6. The summed E-state index contributed by atoms with van der Waals surface area (Å²) in [6.45, 7) is -2.59. The molecule has 0 aliphatic rings.